The first-order chi connectivity index (χ1) is 8.18. The summed E-state index contributed by atoms with van der Waals surface area (Å²) in [7, 11) is 0. The second kappa shape index (κ2) is 5.11. The first-order valence-electron chi connectivity index (χ1n) is 6.28. The normalized spacial score (nSPS) is 14.6. The number of hydrogen-bond donors (Lipinski definition) is 2. The summed E-state index contributed by atoms with van der Waals surface area (Å²) in [4.78, 5) is 11.7. The number of aryl methyl sites for hydroxylation is 3. The highest BCUT2D eigenvalue weighted by Crippen LogP contribution is 2.29. The Balaban J connectivity index is 3.44. The Hall–Kier alpha value is -1.35. The zero-order valence-electron chi connectivity index (χ0n) is 12.1. The van der Waals surface area contributed by atoms with E-state index in [-0.39, 0.29) is 6.04 Å². The van der Waals surface area contributed by atoms with E-state index in [9.17, 15) is 9.90 Å². The van der Waals surface area contributed by atoms with Crippen molar-refractivity contribution < 1.29 is 9.90 Å². The quantitative estimate of drug-likeness (QED) is 0.862. The fraction of sp³-hybridized carbons (Fsp3) is 0.533. The van der Waals surface area contributed by atoms with Gasteiger partial charge in [0.15, 0.2) is 0 Å². The van der Waals surface area contributed by atoms with Gasteiger partial charge in [0.05, 0.1) is 0 Å². The smallest absolute Gasteiger partial charge is 0.328 e. The Bertz CT molecular complexity index is 443. The van der Waals surface area contributed by atoms with Gasteiger partial charge in [-0.25, -0.2) is 4.79 Å². The monoisotopic (exact) mass is 249 g/mol. The Labute approximate surface area is 109 Å². The maximum absolute atomic E-state index is 11.7. The van der Waals surface area contributed by atoms with Crippen LogP contribution in [0.1, 0.15) is 43.0 Å². The molecule has 1 aromatic carbocycles. The molecule has 0 bridgehead atoms. The molecule has 0 saturated heterocycles. The van der Waals surface area contributed by atoms with Crippen LogP contribution in [0.15, 0.2) is 12.1 Å². The van der Waals surface area contributed by atoms with Crippen LogP contribution in [0.5, 0.6) is 0 Å². The number of rotatable bonds is 4. The van der Waals surface area contributed by atoms with E-state index in [1.54, 1.807) is 6.92 Å². The van der Waals surface area contributed by atoms with Crippen LogP contribution in [0.3, 0.4) is 0 Å². The van der Waals surface area contributed by atoms with E-state index in [1.807, 2.05) is 46.8 Å². The Morgan fingerprint density at radius 2 is 1.67 bits per heavy atom. The van der Waals surface area contributed by atoms with Gasteiger partial charge in [0.2, 0.25) is 0 Å². The number of hydrogen-bond acceptors (Lipinski definition) is 2. The molecular formula is C15H23NO2. The lowest BCUT2D eigenvalue weighted by Crippen LogP contribution is -2.50. The van der Waals surface area contributed by atoms with Gasteiger partial charge in [-0.15, -0.1) is 0 Å². The second-order valence-electron chi connectivity index (χ2n) is 5.50. The third kappa shape index (κ3) is 2.72. The number of carboxylic acids is 1. The van der Waals surface area contributed by atoms with E-state index < -0.39 is 11.5 Å². The Kier molecular flexibility index (Phi) is 4.17. The topological polar surface area (TPSA) is 49.3 Å². The fourth-order valence-corrected chi connectivity index (χ4v) is 2.79. The molecule has 0 radical (unpaired) electrons. The van der Waals surface area contributed by atoms with Crippen molar-refractivity contribution in [2.45, 2.75) is 53.1 Å². The largest absolute Gasteiger partial charge is 0.480 e. The Morgan fingerprint density at radius 1 is 1.22 bits per heavy atom. The van der Waals surface area contributed by atoms with E-state index in [2.05, 4.69) is 5.32 Å². The van der Waals surface area contributed by atoms with E-state index in [0.29, 0.717) is 0 Å². The van der Waals surface area contributed by atoms with Gasteiger partial charge in [0.25, 0.3) is 0 Å². The highest BCUT2D eigenvalue weighted by molar-refractivity contribution is 5.81. The number of aliphatic carboxylic acids is 1. The molecule has 0 aliphatic heterocycles. The van der Waals surface area contributed by atoms with Crippen LogP contribution in [0, 0.1) is 20.8 Å². The molecule has 0 aliphatic carbocycles. The molecule has 0 heterocycles. The van der Waals surface area contributed by atoms with Gasteiger partial charge in [-0.1, -0.05) is 17.7 Å². The molecule has 100 valence electrons. The van der Waals surface area contributed by atoms with Gasteiger partial charge >= 0.3 is 5.97 Å². The van der Waals surface area contributed by atoms with Crippen LogP contribution in [0.25, 0.3) is 0 Å². The van der Waals surface area contributed by atoms with Crippen molar-refractivity contribution in [1.82, 2.24) is 5.32 Å². The molecule has 1 rings (SSSR count). The van der Waals surface area contributed by atoms with Crippen molar-refractivity contribution in [2.24, 2.45) is 0 Å². The maximum Gasteiger partial charge on any atom is 0.328 e. The summed E-state index contributed by atoms with van der Waals surface area (Å²) < 4.78 is 0. The van der Waals surface area contributed by atoms with Crippen LogP contribution in [0.4, 0.5) is 0 Å². The molecule has 0 amide bonds. The lowest BCUT2D eigenvalue weighted by atomic mass is 9.84. The summed E-state index contributed by atoms with van der Waals surface area (Å²) in [5.74, 6) is -0.841. The van der Waals surface area contributed by atoms with Gasteiger partial charge in [0.1, 0.15) is 5.54 Å². The van der Waals surface area contributed by atoms with Crippen LogP contribution < -0.4 is 5.32 Å². The third-order valence-electron chi connectivity index (χ3n) is 3.18. The van der Waals surface area contributed by atoms with Gasteiger partial charge in [-0.2, -0.15) is 0 Å². The van der Waals surface area contributed by atoms with Crippen molar-refractivity contribution in [2.75, 3.05) is 0 Å². The molecular weight excluding hydrogens is 226 g/mol. The van der Waals surface area contributed by atoms with Crippen LogP contribution in [-0.2, 0) is 10.3 Å². The zero-order valence-corrected chi connectivity index (χ0v) is 12.1. The van der Waals surface area contributed by atoms with E-state index in [4.69, 9.17) is 0 Å². The highest BCUT2D eigenvalue weighted by Gasteiger charge is 2.37. The van der Waals surface area contributed by atoms with E-state index in [0.717, 1.165) is 22.3 Å². The Morgan fingerprint density at radius 3 is 2.00 bits per heavy atom. The predicted octanol–water partition coefficient (Wildman–Crippen LogP) is 2.91. The van der Waals surface area contributed by atoms with Crippen molar-refractivity contribution in [1.29, 1.82) is 0 Å². The standard InChI is InChI=1S/C15H23NO2/c1-9(2)16-15(6,14(17)18)13-11(4)7-10(3)8-12(13)5/h7-9,16H,1-6H3,(H,17,18). The minimum absolute atomic E-state index is 0.103. The minimum Gasteiger partial charge on any atom is -0.480 e. The molecule has 1 unspecified atom stereocenters. The van der Waals surface area contributed by atoms with Crippen LogP contribution in [-0.4, -0.2) is 17.1 Å². The lowest BCUT2D eigenvalue weighted by molar-refractivity contribution is -0.145. The summed E-state index contributed by atoms with van der Waals surface area (Å²) >= 11 is 0. The predicted molar refractivity (Wildman–Crippen MR) is 73.9 cm³/mol. The van der Waals surface area contributed by atoms with Gasteiger partial charge in [-0.05, 0) is 58.2 Å². The average Bonchev–Trinajstić information content (AvgIpc) is 2.13. The average molecular weight is 249 g/mol. The molecule has 18 heavy (non-hydrogen) atoms. The minimum atomic E-state index is -1.05. The number of benzene rings is 1. The summed E-state index contributed by atoms with van der Waals surface area (Å²) in [6, 6.07) is 4.17. The summed E-state index contributed by atoms with van der Waals surface area (Å²) in [6.07, 6.45) is 0. The van der Waals surface area contributed by atoms with Gasteiger partial charge < -0.3 is 5.11 Å². The second-order valence-corrected chi connectivity index (χ2v) is 5.50. The summed E-state index contributed by atoms with van der Waals surface area (Å²) in [5, 5.41) is 12.8. The lowest BCUT2D eigenvalue weighted by Gasteiger charge is -2.32. The van der Waals surface area contributed by atoms with Gasteiger partial charge in [-0.3, -0.25) is 5.32 Å². The molecule has 0 fully saturated rings. The van der Waals surface area contributed by atoms with Crippen molar-refractivity contribution >= 4 is 5.97 Å². The first kappa shape index (κ1) is 14.7. The van der Waals surface area contributed by atoms with Crippen LogP contribution in [0.2, 0.25) is 0 Å². The molecule has 0 aromatic heterocycles. The summed E-state index contributed by atoms with van der Waals surface area (Å²) in [6.45, 7) is 11.6. The molecule has 0 saturated carbocycles. The molecule has 2 N–H and O–H groups in total. The molecule has 0 aliphatic rings. The van der Waals surface area contributed by atoms with E-state index in [1.165, 1.54) is 0 Å². The van der Waals surface area contributed by atoms with E-state index >= 15 is 0 Å². The maximum atomic E-state index is 11.7. The summed E-state index contributed by atoms with van der Waals surface area (Å²) in [5.41, 5.74) is 3.02. The molecule has 1 atom stereocenters. The van der Waals surface area contributed by atoms with Crippen molar-refractivity contribution in [3.63, 3.8) is 0 Å². The van der Waals surface area contributed by atoms with Crippen molar-refractivity contribution in [3.8, 4) is 0 Å². The fourth-order valence-electron chi connectivity index (χ4n) is 2.79. The third-order valence-corrected chi connectivity index (χ3v) is 3.18. The molecule has 3 nitrogen and oxygen atoms in total. The number of carboxylic acid groups (broad SMARTS) is 1. The van der Waals surface area contributed by atoms with Crippen LogP contribution >= 0.6 is 0 Å². The molecule has 0 spiro atoms. The highest BCUT2D eigenvalue weighted by atomic mass is 16.4. The molecule has 1 aromatic rings. The molecule has 3 heteroatoms. The van der Waals surface area contributed by atoms with Gasteiger partial charge in [0, 0.05) is 6.04 Å². The van der Waals surface area contributed by atoms with Crippen molar-refractivity contribution in [3.05, 3.63) is 34.4 Å². The zero-order chi connectivity index (χ0) is 14.1. The first-order valence-corrected chi connectivity index (χ1v) is 6.28. The number of carbonyl (C=O) groups is 1. The SMILES string of the molecule is Cc1cc(C)c(C(C)(NC(C)C)C(=O)O)c(C)c1. The number of nitrogens with one attached hydrogen (secondary N) is 1.